The molecule has 5 nitrogen and oxygen atoms in total. The van der Waals surface area contributed by atoms with Crippen LogP contribution in [0.5, 0.6) is 0 Å². The van der Waals surface area contributed by atoms with Crippen LogP contribution in [0.4, 0.5) is 10.5 Å². The van der Waals surface area contributed by atoms with Gasteiger partial charge in [-0.3, -0.25) is 9.69 Å². The van der Waals surface area contributed by atoms with Crippen LogP contribution in [0, 0.1) is 0 Å². The lowest BCUT2D eigenvalue weighted by molar-refractivity contribution is -0.132. The molecule has 2 N–H and O–H groups in total. The van der Waals surface area contributed by atoms with Crippen LogP contribution < -0.4 is 5.73 Å². The number of nitrogens with two attached hydrogens (primary N) is 1. The maximum absolute atomic E-state index is 13.0. The van der Waals surface area contributed by atoms with E-state index < -0.39 is 5.54 Å². The topological polar surface area (TPSA) is 66.6 Å². The summed E-state index contributed by atoms with van der Waals surface area (Å²) in [5.41, 5.74) is 7.28. The van der Waals surface area contributed by atoms with Gasteiger partial charge in [0.2, 0.25) is 0 Å². The first kappa shape index (κ1) is 16.1. The molecule has 0 aliphatic carbocycles. The lowest BCUT2D eigenvalue weighted by Crippen LogP contribution is -2.42. The molecule has 0 spiro atoms. The van der Waals surface area contributed by atoms with E-state index in [0.717, 1.165) is 11.1 Å². The number of hydrogen-bond donors (Lipinski definition) is 1. The van der Waals surface area contributed by atoms with Crippen LogP contribution in [-0.4, -0.2) is 35.3 Å². The molecule has 3 amide bonds. The van der Waals surface area contributed by atoms with Gasteiger partial charge in [-0.05, 0) is 36.6 Å². The van der Waals surface area contributed by atoms with Crippen molar-refractivity contribution in [2.75, 3.05) is 19.3 Å². The van der Waals surface area contributed by atoms with Gasteiger partial charge in [0.25, 0.3) is 5.91 Å². The number of amides is 3. The minimum atomic E-state index is -0.959. The molecule has 0 saturated carbocycles. The van der Waals surface area contributed by atoms with E-state index in [4.69, 9.17) is 5.73 Å². The number of anilines is 1. The Morgan fingerprint density at radius 1 is 1.00 bits per heavy atom. The molecular weight excluding hydrogens is 302 g/mol. The van der Waals surface area contributed by atoms with Gasteiger partial charge in [-0.1, -0.05) is 42.5 Å². The summed E-state index contributed by atoms with van der Waals surface area (Å²) in [6.45, 7) is 2.15. The smallest absolute Gasteiger partial charge is 0.327 e. The molecule has 1 unspecified atom stereocenters. The molecule has 0 bridgehead atoms. The largest absolute Gasteiger partial charge is 0.399 e. The summed E-state index contributed by atoms with van der Waals surface area (Å²) >= 11 is 0. The number of hydrogen-bond acceptors (Lipinski definition) is 3. The van der Waals surface area contributed by atoms with Gasteiger partial charge in [0.05, 0.1) is 0 Å². The second-order valence-electron chi connectivity index (χ2n) is 6.23. The van der Waals surface area contributed by atoms with Gasteiger partial charge in [-0.2, -0.15) is 0 Å². The molecule has 2 aromatic rings. The molecule has 0 aromatic heterocycles. The van der Waals surface area contributed by atoms with Gasteiger partial charge in [0, 0.05) is 19.3 Å². The third kappa shape index (κ3) is 2.52. The highest BCUT2D eigenvalue weighted by Gasteiger charge is 2.53. The van der Waals surface area contributed by atoms with Crippen molar-refractivity contribution in [1.82, 2.24) is 9.80 Å². The summed E-state index contributed by atoms with van der Waals surface area (Å²) in [5, 5.41) is 0. The van der Waals surface area contributed by atoms with Crippen LogP contribution in [-0.2, 0) is 16.8 Å². The number of likely N-dealkylation sites (N-methyl/N-ethyl adjacent to an activating group) is 1. The second kappa shape index (κ2) is 6.00. The molecule has 1 fully saturated rings. The second-order valence-corrected chi connectivity index (χ2v) is 6.23. The van der Waals surface area contributed by atoms with E-state index in [1.165, 1.54) is 9.80 Å². The summed E-state index contributed by atoms with van der Waals surface area (Å²) in [7, 11) is 1.68. The third-order valence-corrected chi connectivity index (χ3v) is 4.79. The molecular formula is C19H21N3O2. The Morgan fingerprint density at radius 2 is 1.62 bits per heavy atom. The lowest BCUT2D eigenvalue weighted by Gasteiger charge is -2.28. The van der Waals surface area contributed by atoms with Gasteiger partial charge in [-0.25, -0.2) is 4.79 Å². The summed E-state index contributed by atoms with van der Waals surface area (Å²) in [6.07, 6.45) is 0.608. The first-order valence-electron chi connectivity index (χ1n) is 7.94. The molecule has 0 radical (unpaired) electrons. The van der Waals surface area contributed by atoms with Crippen LogP contribution in [0.25, 0.3) is 0 Å². The van der Waals surface area contributed by atoms with Gasteiger partial charge < -0.3 is 10.6 Å². The predicted molar refractivity (Wildman–Crippen MR) is 93.2 cm³/mol. The van der Waals surface area contributed by atoms with Crippen molar-refractivity contribution >= 4 is 17.6 Å². The van der Waals surface area contributed by atoms with Crippen LogP contribution in [0.15, 0.2) is 54.6 Å². The number of carbonyl (C=O) groups is 2. The Labute approximate surface area is 141 Å². The lowest BCUT2D eigenvalue weighted by atomic mass is 9.91. The number of urea groups is 1. The van der Waals surface area contributed by atoms with E-state index in [0.29, 0.717) is 18.7 Å². The van der Waals surface area contributed by atoms with Crippen molar-refractivity contribution in [2.45, 2.75) is 18.9 Å². The van der Waals surface area contributed by atoms with E-state index in [1.807, 2.05) is 54.6 Å². The number of nitrogen functional groups attached to an aromatic ring is 1. The summed E-state index contributed by atoms with van der Waals surface area (Å²) in [6, 6.07) is 16.6. The van der Waals surface area contributed by atoms with Gasteiger partial charge in [0.15, 0.2) is 0 Å². The van der Waals surface area contributed by atoms with Crippen molar-refractivity contribution in [3.05, 3.63) is 65.7 Å². The summed E-state index contributed by atoms with van der Waals surface area (Å²) in [5.74, 6) is -0.184. The molecule has 124 valence electrons. The fourth-order valence-corrected chi connectivity index (χ4v) is 3.07. The van der Waals surface area contributed by atoms with Gasteiger partial charge in [-0.15, -0.1) is 0 Å². The van der Waals surface area contributed by atoms with Crippen LogP contribution in [0.2, 0.25) is 0 Å². The van der Waals surface area contributed by atoms with E-state index in [2.05, 4.69) is 0 Å². The zero-order valence-corrected chi connectivity index (χ0v) is 13.9. The van der Waals surface area contributed by atoms with Crippen molar-refractivity contribution in [2.24, 2.45) is 0 Å². The Bertz CT molecular complexity index is 758. The molecule has 24 heavy (non-hydrogen) atoms. The molecule has 1 saturated heterocycles. The fourth-order valence-electron chi connectivity index (χ4n) is 3.07. The highest BCUT2D eigenvalue weighted by Crippen LogP contribution is 2.35. The maximum Gasteiger partial charge on any atom is 0.327 e. The van der Waals surface area contributed by atoms with Crippen molar-refractivity contribution in [3.63, 3.8) is 0 Å². The summed E-state index contributed by atoms with van der Waals surface area (Å²) < 4.78 is 0. The SMILES string of the molecule is CN1C(=O)N(CCc2ccc(N)cc2)C(=O)C1(C)c1ccccc1. The van der Waals surface area contributed by atoms with Crippen LogP contribution >= 0.6 is 0 Å². The number of nitrogens with zero attached hydrogens (tertiary/aromatic N) is 2. The summed E-state index contributed by atoms with van der Waals surface area (Å²) in [4.78, 5) is 28.4. The highest BCUT2D eigenvalue weighted by molar-refractivity contribution is 6.07. The zero-order chi connectivity index (χ0) is 17.3. The number of carbonyl (C=O) groups excluding carboxylic acids is 2. The van der Waals surface area contributed by atoms with Crippen molar-refractivity contribution in [3.8, 4) is 0 Å². The van der Waals surface area contributed by atoms with Crippen LogP contribution in [0.1, 0.15) is 18.1 Å². The fraction of sp³-hybridized carbons (Fsp3) is 0.263. The highest BCUT2D eigenvalue weighted by atomic mass is 16.2. The van der Waals surface area contributed by atoms with E-state index in [9.17, 15) is 9.59 Å². The quantitative estimate of drug-likeness (QED) is 0.695. The number of benzene rings is 2. The molecule has 1 atom stereocenters. The zero-order valence-electron chi connectivity index (χ0n) is 13.9. The predicted octanol–water partition coefficient (Wildman–Crippen LogP) is 2.62. The Balaban J connectivity index is 1.81. The molecule has 1 heterocycles. The Kier molecular flexibility index (Phi) is 4.01. The van der Waals surface area contributed by atoms with Crippen LogP contribution in [0.3, 0.4) is 0 Å². The normalized spacial score (nSPS) is 20.8. The van der Waals surface area contributed by atoms with Crippen molar-refractivity contribution < 1.29 is 9.59 Å². The number of imide groups is 1. The maximum atomic E-state index is 13.0. The molecule has 1 aliphatic rings. The first-order valence-corrected chi connectivity index (χ1v) is 7.94. The molecule has 5 heteroatoms. The van der Waals surface area contributed by atoms with E-state index in [-0.39, 0.29) is 11.9 Å². The Morgan fingerprint density at radius 3 is 2.25 bits per heavy atom. The van der Waals surface area contributed by atoms with Crippen molar-refractivity contribution in [1.29, 1.82) is 0 Å². The van der Waals surface area contributed by atoms with Gasteiger partial charge in [0.1, 0.15) is 5.54 Å². The Hall–Kier alpha value is -2.82. The third-order valence-electron chi connectivity index (χ3n) is 4.79. The monoisotopic (exact) mass is 323 g/mol. The minimum Gasteiger partial charge on any atom is -0.399 e. The standard InChI is InChI=1S/C19H21N3O2/c1-19(15-6-4-3-5-7-15)17(23)22(18(24)21(19)2)13-12-14-8-10-16(20)11-9-14/h3-11H,12-13,20H2,1-2H3. The average Bonchev–Trinajstić information content (AvgIpc) is 2.77. The number of rotatable bonds is 4. The molecule has 3 rings (SSSR count). The van der Waals surface area contributed by atoms with E-state index >= 15 is 0 Å². The minimum absolute atomic E-state index is 0.184. The molecule has 2 aromatic carbocycles. The average molecular weight is 323 g/mol. The molecule has 1 aliphatic heterocycles. The van der Waals surface area contributed by atoms with Gasteiger partial charge >= 0.3 is 6.03 Å². The first-order chi connectivity index (χ1) is 11.4. The van der Waals surface area contributed by atoms with E-state index in [1.54, 1.807) is 14.0 Å².